The van der Waals surface area contributed by atoms with Gasteiger partial charge >= 0.3 is 0 Å². The second-order valence-electron chi connectivity index (χ2n) is 6.34. The van der Waals surface area contributed by atoms with Crippen molar-refractivity contribution >= 4 is 29.3 Å². The number of thioether (sulfide) groups is 1. The first-order valence-electron chi connectivity index (χ1n) is 9.04. The Morgan fingerprint density at radius 1 is 1.17 bits per heavy atom. The molecule has 3 aromatic rings. The van der Waals surface area contributed by atoms with E-state index in [1.165, 1.54) is 23.9 Å². The maximum atomic E-state index is 13.2. The van der Waals surface area contributed by atoms with Crippen molar-refractivity contribution in [3.8, 4) is 0 Å². The number of hydrogen-bond donors (Lipinski definition) is 2. The number of benzene rings is 2. The largest absolute Gasteiger partial charge is 0.352 e. The second-order valence-corrected chi connectivity index (χ2v) is 7.28. The number of nitrogens with one attached hydrogen (secondary N) is 2. The molecule has 0 spiro atoms. The Labute approximate surface area is 172 Å². The predicted molar refractivity (Wildman–Crippen MR) is 111 cm³/mol. The van der Waals surface area contributed by atoms with Crippen LogP contribution in [0.2, 0.25) is 0 Å². The normalized spacial score (nSPS) is 10.6. The maximum absolute atomic E-state index is 13.2. The highest BCUT2D eigenvalue weighted by atomic mass is 32.2. The number of halogens is 1. The summed E-state index contributed by atoms with van der Waals surface area (Å²) >= 11 is 1.32. The number of nitrogens with zero attached hydrogens (tertiary/aromatic N) is 2. The summed E-state index contributed by atoms with van der Waals surface area (Å²) in [5.41, 5.74) is 1.63. The SMILES string of the molecule is Cn1ccnc1SCC(=O)Nc1ccccc1C(=O)NCCc1cccc(F)c1. The first-order chi connectivity index (χ1) is 14.0. The Morgan fingerprint density at radius 3 is 2.76 bits per heavy atom. The molecule has 0 bridgehead atoms. The summed E-state index contributed by atoms with van der Waals surface area (Å²) in [4.78, 5) is 29.0. The van der Waals surface area contributed by atoms with Crippen LogP contribution in [0.4, 0.5) is 10.1 Å². The predicted octanol–water partition coefficient (Wildman–Crippen LogP) is 3.26. The number of imidazole rings is 1. The quantitative estimate of drug-likeness (QED) is 0.557. The summed E-state index contributed by atoms with van der Waals surface area (Å²) in [6.45, 7) is 0.361. The third kappa shape index (κ3) is 5.92. The number of para-hydroxylation sites is 1. The molecule has 0 fully saturated rings. The lowest BCUT2D eigenvalue weighted by molar-refractivity contribution is -0.113. The Balaban J connectivity index is 1.55. The summed E-state index contributed by atoms with van der Waals surface area (Å²) in [7, 11) is 1.86. The minimum atomic E-state index is -0.301. The van der Waals surface area contributed by atoms with E-state index in [0.717, 1.165) is 10.7 Å². The molecule has 0 saturated carbocycles. The minimum absolute atomic E-state index is 0.181. The van der Waals surface area contributed by atoms with E-state index in [1.54, 1.807) is 36.5 Å². The molecule has 6 nitrogen and oxygen atoms in total. The van der Waals surface area contributed by atoms with Crippen molar-refractivity contribution in [2.75, 3.05) is 17.6 Å². The topological polar surface area (TPSA) is 76.0 Å². The van der Waals surface area contributed by atoms with Gasteiger partial charge in [0.15, 0.2) is 5.16 Å². The molecule has 0 aliphatic heterocycles. The van der Waals surface area contributed by atoms with E-state index in [9.17, 15) is 14.0 Å². The first kappa shape index (κ1) is 20.6. The molecule has 150 valence electrons. The zero-order valence-electron chi connectivity index (χ0n) is 15.9. The van der Waals surface area contributed by atoms with Crippen LogP contribution in [-0.4, -0.2) is 33.7 Å². The lowest BCUT2D eigenvalue weighted by Gasteiger charge is -2.11. The number of aryl methyl sites for hydroxylation is 1. The standard InChI is InChI=1S/C21H21FN4O2S/c1-26-12-11-24-21(26)29-14-19(27)25-18-8-3-2-7-17(18)20(28)23-10-9-15-5-4-6-16(22)13-15/h2-8,11-13H,9-10,14H2,1H3,(H,23,28)(H,25,27). The molecule has 2 N–H and O–H groups in total. The number of amides is 2. The van der Waals surface area contributed by atoms with Gasteiger partial charge in [-0.3, -0.25) is 9.59 Å². The fourth-order valence-corrected chi connectivity index (χ4v) is 3.44. The summed E-state index contributed by atoms with van der Waals surface area (Å²) in [5.74, 6) is -0.641. The lowest BCUT2D eigenvalue weighted by Crippen LogP contribution is -2.27. The van der Waals surface area contributed by atoms with E-state index < -0.39 is 0 Å². The highest BCUT2D eigenvalue weighted by molar-refractivity contribution is 7.99. The number of anilines is 1. The summed E-state index contributed by atoms with van der Waals surface area (Å²) < 4.78 is 15.1. The summed E-state index contributed by atoms with van der Waals surface area (Å²) in [6, 6.07) is 13.1. The molecule has 8 heteroatoms. The molecule has 2 aromatic carbocycles. The molecule has 1 heterocycles. The van der Waals surface area contributed by atoms with Crippen LogP contribution in [-0.2, 0) is 18.3 Å². The highest BCUT2D eigenvalue weighted by Crippen LogP contribution is 2.18. The molecule has 1 aromatic heterocycles. The summed E-state index contributed by atoms with van der Waals surface area (Å²) in [5, 5.41) is 6.33. The molecule has 0 saturated heterocycles. The average Bonchev–Trinajstić information content (AvgIpc) is 3.11. The first-order valence-corrected chi connectivity index (χ1v) is 10.0. The molecule has 29 heavy (non-hydrogen) atoms. The van der Waals surface area contributed by atoms with Crippen LogP contribution >= 0.6 is 11.8 Å². The van der Waals surface area contributed by atoms with Gasteiger partial charge in [-0.25, -0.2) is 9.37 Å². The van der Waals surface area contributed by atoms with Gasteiger partial charge in [-0.2, -0.15) is 0 Å². The molecule has 0 radical (unpaired) electrons. The summed E-state index contributed by atoms with van der Waals surface area (Å²) in [6.07, 6.45) is 3.99. The molecule has 3 rings (SSSR count). The Bertz CT molecular complexity index is 1010. The van der Waals surface area contributed by atoms with Crippen molar-refractivity contribution in [3.63, 3.8) is 0 Å². The Kier molecular flexibility index (Phi) is 7.02. The van der Waals surface area contributed by atoms with Gasteiger partial charge in [0.25, 0.3) is 5.91 Å². The fourth-order valence-electron chi connectivity index (χ4n) is 2.71. The number of aromatic nitrogens is 2. The van der Waals surface area contributed by atoms with Crippen LogP contribution in [0.5, 0.6) is 0 Å². The minimum Gasteiger partial charge on any atom is -0.352 e. The van der Waals surface area contributed by atoms with Gasteiger partial charge in [0.2, 0.25) is 5.91 Å². The van der Waals surface area contributed by atoms with E-state index >= 15 is 0 Å². The van der Waals surface area contributed by atoms with Crippen molar-refractivity contribution < 1.29 is 14.0 Å². The van der Waals surface area contributed by atoms with Gasteiger partial charge in [0, 0.05) is 26.0 Å². The van der Waals surface area contributed by atoms with Crippen LogP contribution < -0.4 is 10.6 Å². The van der Waals surface area contributed by atoms with Crippen LogP contribution in [0.25, 0.3) is 0 Å². The van der Waals surface area contributed by atoms with Gasteiger partial charge in [-0.15, -0.1) is 0 Å². The molecule has 0 aliphatic rings. The average molecular weight is 412 g/mol. The van der Waals surface area contributed by atoms with Crippen LogP contribution in [0.3, 0.4) is 0 Å². The van der Waals surface area contributed by atoms with Crippen molar-refractivity contribution in [1.29, 1.82) is 0 Å². The van der Waals surface area contributed by atoms with E-state index in [2.05, 4.69) is 15.6 Å². The third-order valence-electron chi connectivity index (χ3n) is 4.14. The van der Waals surface area contributed by atoms with Gasteiger partial charge in [0.1, 0.15) is 5.82 Å². The van der Waals surface area contributed by atoms with Gasteiger partial charge in [0.05, 0.1) is 17.0 Å². The molecule has 2 amide bonds. The number of carbonyl (C=O) groups is 2. The van der Waals surface area contributed by atoms with E-state index in [1.807, 2.05) is 23.9 Å². The van der Waals surface area contributed by atoms with E-state index in [4.69, 9.17) is 0 Å². The smallest absolute Gasteiger partial charge is 0.253 e. The van der Waals surface area contributed by atoms with Crippen molar-refractivity contribution in [3.05, 3.63) is 77.9 Å². The number of hydrogen-bond acceptors (Lipinski definition) is 4. The molecular weight excluding hydrogens is 391 g/mol. The van der Waals surface area contributed by atoms with Crippen molar-refractivity contribution in [2.24, 2.45) is 7.05 Å². The molecule has 0 aliphatic carbocycles. The zero-order chi connectivity index (χ0) is 20.6. The molecular formula is C21H21FN4O2S. The second kappa shape index (κ2) is 9.88. The van der Waals surface area contributed by atoms with Gasteiger partial charge in [-0.05, 0) is 36.2 Å². The maximum Gasteiger partial charge on any atom is 0.253 e. The van der Waals surface area contributed by atoms with Crippen molar-refractivity contribution in [1.82, 2.24) is 14.9 Å². The Hall–Kier alpha value is -3.13. The van der Waals surface area contributed by atoms with Crippen LogP contribution in [0.1, 0.15) is 15.9 Å². The lowest BCUT2D eigenvalue weighted by atomic mass is 10.1. The highest BCUT2D eigenvalue weighted by Gasteiger charge is 2.13. The zero-order valence-corrected chi connectivity index (χ0v) is 16.7. The number of carbonyl (C=O) groups excluding carboxylic acids is 2. The third-order valence-corrected chi connectivity index (χ3v) is 5.20. The van der Waals surface area contributed by atoms with Gasteiger partial charge < -0.3 is 15.2 Å². The van der Waals surface area contributed by atoms with Crippen molar-refractivity contribution in [2.45, 2.75) is 11.6 Å². The van der Waals surface area contributed by atoms with Gasteiger partial charge in [-0.1, -0.05) is 36.0 Å². The van der Waals surface area contributed by atoms with Crippen LogP contribution in [0.15, 0.2) is 66.1 Å². The van der Waals surface area contributed by atoms with E-state index in [0.29, 0.717) is 24.2 Å². The van der Waals surface area contributed by atoms with Crippen LogP contribution in [0, 0.1) is 5.82 Å². The molecule has 0 atom stereocenters. The Morgan fingerprint density at radius 2 is 2.00 bits per heavy atom. The molecule has 0 unspecified atom stereocenters. The monoisotopic (exact) mass is 412 g/mol. The van der Waals surface area contributed by atoms with E-state index in [-0.39, 0.29) is 23.4 Å². The fraction of sp³-hybridized carbons (Fsp3) is 0.190. The number of rotatable bonds is 8.